The lowest BCUT2D eigenvalue weighted by Gasteiger charge is -2.32. The van der Waals surface area contributed by atoms with Gasteiger partial charge < -0.3 is 10.6 Å². The first-order valence-electron chi connectivity index (χ1n) is 7.48. The molecular weight excluding hydrogens is 263 g/mol. The minimum absolute atomic E-state index is 0.148. The molecule has 0 fully saturated rings. The lowest BCUT2D eigenvalue weighted by molar-refractivity contribution is 0.615. The van der Waals surface area contributed by atoms with E-state index in [1.165, 1.54) is 11.1 Å². The van der Waals surface area contributed by atoms with Crippen molar-refractivity contribution in [2.75, 3.05) is 11.4 Å². The number of benzene rings is 2. The van der Waals surface area contributed by atoms with Gasteiger partial charge >= 0.3 is 0 Å². The minimum Gasteiger partial charge on any atom is -0.339 e. The van der Waals surface area contributed by atoms with Crippen LogP contribution in [0.2, 0.25) is 0 Å². The summed E-state index contributed by atoms with van der Waals surface area (Å²) in [4.78, 5) is 2.08. The zero-order valence-corrected chi connectivity index (χ0v) is 12.6. The Morgan fingerprint density at radius 3 is 2.62 bits per heavy atom. The molecule has 2 nitrogen and oxygen atoms in total. The molecule has 0 amide bonds. The summed E-state index contributed by atoms with van der Waals surface area (Å²) in [5.41, 5.74) is 11.0. The van der Waals surface area contributed by atoms with Crippen molar-refractivity contribution >= 4 is 11.4 Å². The zero-order chi connectivity index (χ0) is 15.0. The number of hydrogen-bond donors (Lipinski definition) is 1. The standard InChI is InChI=1S/C18H21FN2/c1-12-5-7-17-15(10-12)4-3-9-21(17)18-8-6-14(13(2)20)11-16(18)19/h5-8,10-11,13H,3-4,9,20H2,1-2H3/t13-/m1/s1. The molecule has 0 saturated carbocycles. The van der Waals surface area contributed by atoms with Crippen LogP contribution in [-0.4, -0.2) is 6.54 Å². The highest BCUT2D eigenvalue weighted by Gasteiger charge is 2.21. The van der Waals surface area contributed by atoms with Gasteiger partial charge in [0.05, 0.1) is 5.69 Å². The summed E-state index contributed by atoms with van der Waals surface area (Å²) in [6.07, 6.45) is 2.11. The van der Waals surface area contributed by atoms with Crippen LogP contribution in [0.5, 0.6) is 0 Å². The third-order valence-corrected chi connectivity index (χ3v) is 4.14. The number of halogens is 1. The van der Waals surface area contributed by atoms with Gasteiger partial charge in [-0.15, -0.1) is 0 Å². The van der Waals surface area contributed by atoms with Crippen molar-refractivity contribution in [1.82, 2.24) is 0 Å². The predicted molar refractivity (Wildman–Crippen MR) is 85.5 cm³/mol. The van der Waals surface area contributed by atoms with Crippen LogP contribution in [0.3, 0.4) is 0 Å². The van der Waals surface area contributed by atoms with Crippen LogP contribution in [-0.2, 0) is 6.42 Å². The van der Waals surface area contributed by atoms with Crippen molar-refractivity contribution in [2.24, 2.45) is 5.73 Å². The first-order chi connectivity index (χ1) is 10.1. The Morgan fingerprint density at radius 2 is 1.90 bits per heavy atom. The van der Waals surface area contributed by atoms with Gasteiger partial charge in [-0.2, -0.15) is 0 Å². The Bertz CT molecular complexity index is 664. The van der Waals surface area contributed by atoms with Gasteiger partial charge in [0, 0.05) is 18.3 Å². The van der Waals surface area contributed by atoms with E-state index in [1.807, 2.05) is 19.1 Å². The molecule has 0 spiro atoms. The topological polar surface area (TPSA) is 29.3 Å². The maximum absolute atomic E-state index is 14.5. The van der Waals surface area contributed by atoms with E-state index in [4.69, 9.17) is 5.73 Å². The number of nitrogens with two attached hydrogens (primary N) is 1. The average Bonchev–Trinajstić information content (AvgIpc) is 2.46. The number of rotatable bonds is 2. The Balaban J connectivity index is 2.03. The van der Waals surface area contributed by atoms with Crippen LogP contribution in [0.25, 0.3) is 0 Å². The van der Waals surface area contributed by atoms with Gasteiger partial charge in [-0.25, -0.2) is 4.39 Å². The van der Waals surface area contributed by atoms with Crippen molar-refractivity contribution in [3.8, 4) is 0 Å². The SMILES string of the molecule is Cc1ccc2c(c1)CCCN2c1ccc([C@@H](C)N)cc1F. The third kappa shape index (κ3) is 2.66. The fraction of sp³-hybridized carbons (Fsp3) is 0.333. The fourth-order valence-electron chi connectivity index (χ4n) is 3.00. The van der Waals surface area contributed by atoms with Crippen LogP contribution >= 0.6 is 0 Å². The molecule has 1 heterocycles. The molecule has 0 saturated heterocycles. The second kappa shape index (κ2) is 5.49. The minimum atomic E-state index is -0.196. The first-order valence-corrected chi connectivity index (χ1v) is 7.48. The summed E-state index contributed by atoms with van der Waals surface area (Å²) in [6.45, 7) is 4.81. The second-order valence-corrected chi connectivity index (χ2v) is 5.89. The van der Waals surface area contributed by atoms with Crippen LogP contribution < -0.4 is 10.6 Å². The largest absolute Gasteiger partial charge is 0.339 e. The first kappa shape index (κ1) is 14.1. The van der Waals surface area contributed by atoms with Gasteiger partial charge in [0.2, 0.25) is 0 Å². The Kier molecular flexibility index (Phi) is 3.68. The highest BCUT2D eigenvalue weighted by molar-refractivity contribution is 5.69. The zero-order valence-electron chi connectivity index (χ0n) is 12.6. The highest BCUT2D eigenvalue weighted by Crippen LogP contribution is 2.35. The fourth-order valence-corrected chi connectivity index (χ4v) is 3.00. The molecule has 2 N–H and O–H groups in total. The van der Waals surface area contributed by atoms with Crippen LogP contribution in [0.15, 0.2) is 36.4 Å². The summed E-state index contributed by atoms with van der Waals surface area (Å²) in [7, 11) is 0. The smallest absolute Gasteiger partial charge is 0.147 e. The van der Waals surface area contributed by atoms with Gasteiger partial charge in [0.15, 0.2) is 0 Å². The van der Waals surface area contributed by atoms with E-state index in [0.29, 0.717) is 5.69 Å². The third-order valence-electron chi connectivity index (χ3n) is 4.14. The molecule has 0 aromatic heterocycles. The van der Waals surface area contributed by atoms with Crippen molar-refractivity contribution in [1.29, 1.82) is 0 Å². The summed E-state index contributed by atoms with van der Waals surface area (Å²) in [5, 5.41) is 0. The van der Waals surface area contributed by atoms with Crippen molar-refractivity contribution in [3.05, 3.63) is 58.9 Å². The number of nitrogens with zero attached hydrogens (tertiary/aromatic N) is 1. The Morgan fingerprint density at radius 1 is 1.14 bits per heavy atom. The predicted octanol–water partition coefficient (Wildman–Crippen LogP) is 4.24. The molecule has 0 bridgehead atoms. The summed E-state index contributed by atoms with van der Waals surface area (Å²) < 4.78 is 14.5. The molecule has 2 aromatic carbocycles. The monoisotopic (exact) mass is 284 g/mol. The van der Waals surface area contributed by atoms with Crippen molar-refractivity contribution < 1.29 is 4.39 Å². The molecule has 1 aliphatic rings. The Hall–Kier alpha value is -1.87. The van der Waals surface area contributed by atoms with E-state index in [9.17, 15) is 4.39 Å². The molecule has 0 aliphatic carbocycles. The van der Waals surface area contributed by atoms with Gasteiger partial charge in [-0.05, 0) is 56.0 Å². The van der Waals surface area contributed by atoms with E-state index in [1.54, 1.807) is 6.07 Å². The molecule has 3 rings (SSSR count). The number of anilines is 2. The van der Waals surface area contributed by atoms with Crippen LogP contribution in [0.1, 0.15) is 36.1 Å². The van der Waals surface area contributed by atoms with Crippen molar-refractivity contribution in [3.63, 3.8) is 0 Å². The van der Waals surface area contributed by atoms with E-state index in [-0.39, 0.29) is 11.9 Å². The Labute approximate surface area is 125 Å². The van der Waals surface area contributed by atoms with Crippen LogP contribution in [0, 0.1) is 12.7 Å². The van der Waals surface area contributed by atoms with Gasteiger partial charge in [0.1, 0.15) is 5.82 Å². The number of aryl methyl sites for hydroxylation is 2. The molecule has 0 radical (unpaired) electrons. The molecule has 0 unspecified atom stereocenters. The van der Waals surface area contributed by atoms with Gasteiger partial charge in [-0.1, -0.05) is 23.8 Å². The maximum atomic E-state index is 14.5. The van der Waals surface area contributed by atoms with E-state index in [0.717, 1.165) is 30.6 Å². The molecule has 1 atom stereocenters. The molecule has 2 aromatic rings. The number of fused-ring (bicyclic) bond motifs is 1. The molecule has 110 valence electrons. The van der Waals surface area contributed by atoms with Gasteiger partial charge in [0.25, 0.3) is 0 Å². The summed E-state index contributed by atoms with van der Waals surface area (Å²) in [5.74, 6) is -0.196. The van der Waals surface area contributed by atoms with Gasteiger partial charge in [-0.3, -0.25) is 0 Å². The summed E-state index contributed by atoms with van der Waals surface area (Å²) >= 11 is 0. The summed E-state index contributed by atoms with van der Waals surface area (Å²) in [6, 6.07) is 11.6. The molecule has 3 heteroatoms. The number of hydrogen-bond acceptors (Lipinski definition) is 2. The highest BCUT2D eigenvalue weighted by atomic mass is 19.1. The average molecular weight is 284 g/mol. The maximum Gasteiger partial charge on any atom is 0.147 e. The lowest BCUT2D eigenvalue weighted by Crippen LogP contribution is -2.25. The van der Waals surface area contributed by atoms with Crippen molar-refractivity contribution in [2.45, 2.75) is 32.7 Å². The molecule has 21 heavy (non-hydrogen) atoms. The van der Waals surface area contributed by atoms with E-state index >= 15 is 0 Å². The molecule has 1 aliphatic heterocycles. The van der Waals surface area contributed by atoms with E-state index < -0.39 is 0 Å². The second-order valence-electron chi connectivity index (χ2n) is 5.89. The quantitative estimate of drug-likeness (QED) is 0.893. The normalized spacial score (nSPS) is 15.7. The van der Waals surface area contributed by atoms with E-state index in [2.05, 4.69) is 30.0 Å². The molecular formula is C18H21FN2. The van der Waals surface area contributed by atoms with Crippen LogP contribution in [0.4, 0.5) is 15.8 Å². The lowest BCUT2D eigenvalue weighted by atomic mass is 9.98.